The zero-order valence-corrected chi connectivity index (χ0v) is 11.1. The monoisotopic (exact) mass is 282 g/mol. The van der Waals surface area contributed by atoms with Gasteiger partial charge in [-0.25, -0.2) is 4.79 Å². The van der Waals surface area contributed by atoms with E-state index in [0.29, 0.717) is 5.56 Å². The van der Waals surface area contributed by atoms with Gasteiger partial charge in [0.05, 0.1) is 0 Å². The highest BCUT2D eigenvalue weighted by Crippen LogP contribution is 2.24. The van der Waals surface area contributed by atoms with Crippen LogP contribution in [0.5, 0.6) is 0 Å². The van der Waals surface area contributed by atoms with Crippen molar-refractivity contribution in [2.24, 2.45) is 0 Å². The molecule has 2 atom stereocenters. The molecule has 3 N–H and O–H groups in total. The summed E-state index contributed by atoms with van der Waals surface area (Å²) in [6, 6.07) is 15.6. The van der Waals surface area contributed by atoms with Gasteiger partial charge < -0.3 is 10.4 Å². The minimum atomic E-state index is -1.07. The largest absolute Gasteiger partial charge is 0.386 e. The van der Waals surface area contributed by atoms with E-state index in [1.54, 1.807) is 12.1 Å². The van der Waals surface area contributed by atoms with Crippen molar-refractivity contribution < 1.29 is 14.7 Å². The molecule has 2 aromatic carbocycles. The van der Waals surface area contributed by atoms with Crippen LogP contribution in [0.2, 0.25) is 0 Å². The van der Waals surface area contributed by atoms with Gasteiger partial charge in [0.15, 0.2) is 0 Å². The lowest BCUT2D eigenvalue weighted by Gasteiger charge is -2.16. The topological polar surface area (TPSA) is 78.4 Å². The molecule has 106 valence electrons. The number of hydrogen-bond donors (Lipinski definition) is 3. The second-order valence-corrected chi connectivity index (χ2v) is 4.87. The molecule has 0 saturated carbocycles. The first-order chi connectivity index (χ1) is 10.1. The summed E-state index contributed by atoms with van der Waals surface area (Å²) in [6.07, 6.45) is -1.07. The summed E-state index contributed by atoms with van der Waals surface area (Å²) < 4.78 is 0. The summed E-state index contributed by atoms with van der Waals surface area (Å²) in [7, 11) is 0. The molecule has 0 spiro atoms. The predicted molar refractivity (Wildman–Crippen MR) is 77.3 cm³/mol. The van der Waals surface area contributed by atoms with Gasteiger partial charge in [-0.15, -0.1) is 0 Å². The van der Waals surface area contributed by atoms with Crippen molar-refractivity contribution in [3.05, 3.63) is 60.2 Å². The maximum Gasteiger partial charge on any atom is 0.322 e. The second-order valence-electron chi connectivity index (χ2n) is 4.87. The minimum Gasteiger partial charge on any atom is -0.386 e. The normalized spacial score (nSPS) is 19.0. The van der Waals surface area contributed by atoms with Gasteiger partial charge in [-0.1, -0.05) is 54.6 Å². The van der Waals surface area contributed by atoms with Crippen LogP contribution < -0.4 is 10.6 Å². The first-order valence-electron chi connectivity index (χ1n) is 6.60. The quantitative estimate of drug-likeness (QED) is 0.748. The van der Waals surface area contributed by atoms with Crippen LogP contribution in [0.3, 0.4) is 0 Å². The molecule has 0 aliphatic carbocycles. The fraction of sp³-hybridized carbons (Fsp3) is 0.125. The van der Waals surface area contributed by atoms with Crippen molar-refractivity contribution in [3.63, 3.8) is 0 Å². The number of carbonyl (C=O) groups is 2. The minimum absolute atomic E-state index is 0.514. The molecule has 5 heteroatoms. The molecule has 1 fully saturated rings. The van der Waals surface area contributed by atoms with Crippen LogP contribution in [0, 0.1) is 0 Å². The van der Waals surface area contributed by atoms with Crippen molar-refractivity contribution in [3.8, 4) is 11.1 Å². The maximum atomic E-state index is 11.5. The first-order valence-corrected chi connectivity index (χ1v) is 6.60. The number of benzene rings is 2. The summed E-state index contributed by atoms with van der Waals surface area (Å²) in [6.45, 7) is 0. The fourth-order valence-corrected chi connectivity index (χ4v) is 2.35. The third-order valence-corrected chi connectivity index (χ3v) is 3.48. The summed E-state index contributed by atoms with van der Waals surface area (Å²) >= 11 is 0. The molecule has 2 unspecified atom stereocenters. The van der Waals surface area contributed by atoms with Crippen LogP contribution in [0.25, 0.3) is 11.1 Å². The summed E-state index contributed by atoms with van der Waals surface area (Å²) in [5, 5.41) is 14.7. The van der Waals surface area contributed by atoms with Crippen LogP contribution in [0.1, 0.15) is 11.7 Å². The van der Waals surface area contributed by atoms with Crippen molar-refractivity contribution in [2.75, 3.05) is 0 Å². The molecule has 1 saturated heterocycles. The Morgan fingerprint density at radius 2 is 1.52 bits per heavy atom. The Balaban J connectivity index is 1.81. The van der Waals surface area contributed by atoms with E-state index in [9.17, 15) is 14.7 Å². The standard InChI is InChI=1S/C16H14N2O3/c19-14(13-15(20)18-16(21)17-13)12-8-6-11(7-9-12)10-4-2-1-3-5-10/h1-9,13-14,19H,(H2,17,18,20,21). The van der Waals surface area contributed by atoms with Crippen LogP contribution in [0.15, 0.2) is 54.6 Å². The third-order valence-electron chi connectivity index (χ3n) is 3.48. The Hall–Kier alpha value is -2.66. The van der Waals surface area contributed by atoms with E-state index >= 15 is 0 Å². The summed E-state index contributed by atoms with van der Waals surface area (Å²) in [4.78, 5) is 22.6. The Kier molecular flexibility index (Phi) is 3.41. The molecule has 3 rings (SSSR count). The molecule has 21 heavy (non-hydrogen) atoms. The first kappa shape index (κ1) is 13.3. The Morgan fingerprint density at radius 1 is 0.905 bits per heavy atom. The number of carbonyl (C=O) groups excluding carboxylic acids is 2. The van der Waals surface area contributed by atoms with Crippen LogP contribution in [-0.2, 0) is 4.79 Å². The molecule has 1 aliphatic rings. The molecule has 0 aromatic heterocycles. The Bertz CT molecular complexity index is 668. The molecular weight excluding hydrogens is 268 g/mol. The number of amides is 3. The van der Waals surface area contributed by atoms with E-state index in [4.69, 9.17) is 0 Å². The second kappa shape index (κ2) is 5.38. The van der Waals surface area contributed by atoms with Gasteiger partial charge in [0, 0.05) is 0 Å². The van der Waals surface area contributed by atoms with Crippen LogP contribution in [0.4, 0.5) is 4.79 Å². The van der Waals surface area contributed by atoms with Crippen molar-refractivity contribution in [1.82, 2.24) is 10.6 Å². The number of aliphatic hydroxyl groups excluding tert-OH is 1. The van der Waals surface area contributed by atoms with E-state index in [1.807, 2.05) is 42.5 Å². The number of rotatable bonds is 3. The predicted octanol–water partition coefficient (Wildman–Crippen LogP) is 1.59. The highest BCUT2D eigenvalue weighted by molar-refractivity contribution is 6.04. The Labute approximate surface area is 121 Å². The van der Waals surface area contributed by atoms with Crippen LogP contribution in [-0.4, -0.2) is 23.1 Å². The van der Waals surface area contributed by atoms with Crippen LogP contribution >= 0.6 is 0 Å². The van der Waals surface area contributed by atoms with Crippen molar-refractivity contribution in [2.45, 2.75) is 12.1 Å². The van der Waals surface area contributed by atoms with Gasteiger partial charge in [0.2, 0.25) is 0 Å². The Morgan fingerprint density at radius 3 is 2.10 bits per heavy atom. The summed E-state index contributed by atoms with van der Waals surface area (Å²) in [5.74, 6) is -0.514. The molecule has 2 aromatic rings. The van der Waals surface area contributed by atoms with Gasteiger partial charge in [-0.2, -0.15) is 0 Å². The van der Waals surface area contributed by atoms with E-state index in [1.165, 1.54) is 0 Å². The molecule has 1 heterocycles. The van der Waals surface area contributed by atoms with Gasteiger partial charge in [0.25, 0.3) is 5.91 Å². The molecule has 3 amide bonds. The van der Waals surface area contributed by atoms with E-state index in [2.05, 4.69) is 10.6 Å². The molecular formula is C16H14N2O3. The lowest BCUT2D eigenvalue weighted by atomic mass is 9.98. The number of imide groups is 1. The van der Waals surface area contributed by atoms with Gasteiger partial charge in [0.1, 0.15) is 12.1 Å². The van der Waals surface area contributed by atoms with E-state index in [0.717, 1.165) is 11.1 Å². The fourth-order valence-electron chi connectivity index (χ4n) is 2.35. The number of hydrogen-bond acceptors (Lipinski definition) is 3. The number of urea groups is 1. The average molecular weight is 282 g/mol. The van der Waals surface area contributed by atoms with Gasteiger partial charge >= 0.3 is 6.03 Å². The molecule has 0 bridgehead atoms. The zero-order chi connectivity index (χ0) is 14.8. The van der Waals surface area contributed by atoms with Crippen molar-refractivity contribution >= 4 is 11.9 Å². The van der Waals surface area contributed by atoms with Gasteiger partial charge in [-0.3, -0.25) is 10.1 Å². The third kappa shape index (κ3) is 2.64. The number of aliphatic hydroxyl groups is 1. The SMILES string of the molecule is O=C1NC(=O)C(C(O)c2ccc(-c3ccccc3)cc2)N1. The average Bonchev–Trinajstić information content (AvgIpc) is 2.86. The molecule has 0 radical (unpaired) electrons. The highest BCUT2D eigenvalue weighted by atomic mass is 16.3. The molecule has 1 aliphatic heterocycles. The van der Waals surface area contributed by atoms with E-state index in [-0.39, 0.29) is 0 Å². The maximum absolute atomic E-state index is 11.5. The lowest BCUT2D eigenvalue weighted by molar-refractivity contribution is -0.122. The highest BCUT2D eigenvalue weighted by Gasteiger charge is 2.35. The lowest BCUT2D eigenvalue weighted by Crippen LogP contribution is -2.35. The zero-order valence-electron chi connectivity index (χ0n) is 11.1. The van der Waals surface area contributed by atoms with Gasteiger partial charge in [-0.05, 0) is 16.7 Å². The molecule has 5 nitrogen and oxygen atoms in total. The summed E-state index contributed by atoms with van der Waals surface area (Å²) in [5.41, 5.74) is 2.67. The van der Waals surface area contributed by atoms with Crippen molar-refractivity contribution in [1.29, 1.82) is 0 Å². The smallest absolute Gasteiger partial charge is 0.322 e. The number of nitrogens with one attached hydrogen (secondary N) is 2. The van der Waals surface area contributed by atoms with E-state index < -0.39 is 24.1 Å².